The van der Waals surface area contributed by atoms with E-state index in [1.54, 1.807) is 0 Å². The number of thiophene rings is 1. The van der Waals surface area contributed by atoms with Gasteiger partial charge in [-0.25, -0.2) is 28.4 Å². The topological polar surface area (TPSA) is 240 Å². The van der Waals surface area contributed by atoms with Crippen LogP contribution in [0.15, 0.2) is 23.6 Å². The standard InChI is InChI=1S/C51H76N8O12S2/c1-3-4-9-44-57-47-48(59(44)38-39-13-19-64-20-14-39)49-42(56-50(47)52)35-43(72-49)41-11-17-58(18-12-41)46(61)15-21-65-23-25-67-27-29-69-31-33-71-34-32-70-30-28-68-26-24-66-22-16-53-45(60)10-7-5-6-8-40-36-54-51(55-37-40)73(2,62)63/h35-37,39,41H,3-5,7,9-34,38H2,1-2H3,(H2,52,56)(H,53,60). The summed E-state index contributed by atoms with van der Waals surface area (Å²) in [7, 11) is -3.45. The van der Waals surface area contributed by atoms with Crippen LogP contribution in [0.25, 0.3) is 21.3 Å². The van der Waals surface area contributed by atoms with Gasteiger partial charge in [0.2, 0.25) is 26.8 Å². The molecule has 0 aliphatic carbocycles. The van der Waals surface area contributed by atoms with E-state index in [0.29, 0.717) is 148 Å². The summed E-state index contributed by atoms with van der Waals surface area (Å²) in [6.07, 6.45) is 12.6. The van der Waals surface area contributed by atoms with Crippen LogP contribution in [-0.2, 0) is 70.3 Å². The Kier molecular flexibility index (Phi) is 25.5. The molecule has 4 aromatic heterocycles. The minimum absolute atomic E-state index is 0.0803. The first-order valence-electron chi connectivity index (χ1n) is 25.9. The number of nitrogens with two attached hydrogens (primary N) is 1. The van der Waals surface area contributed by atoms with Gasteiger partial charge in [-0.15, -0.1) is 11.3 Å². The lowest BCUT2D eigenvalue weighted by atomic mass is 9.95. The summed E-state index contributed by atoms with van der Waals surface area (Å²) in [5.74, 6) is 8.39. The Morgan fingerprint density at radius 3 is 1.99 bits per heavy atom. The van der Waals surface area contributed by atoms with Gasteiger partial charge in [0.05, 0.1) is 120 Å². The molecule has 22 heteroatoms. The zero-order valence-corrected chi connectivity index (χ0v) is 44.4. The zero-order valence-electron chi connectivity index (χ0n) is 42.8. The number of pyridine rings is 1. The first kappa shape index (κ1) is 57.9. The summed E-state index contributed by atoms with van der Waals surface area (Å²) in [5.41, 5.74) is 9.99. The molecular weight excluding hydrogens is 981 g/mol. The van der Waals surface area contributed by atoms with Crippen LogP contribution < -0.4 is 11.1 Å². The number of nitrogens with zero attached hydrogens (tertiary/aromatic N) is 6. The van der Waals surface area contributed by atoms with Gasteiger partial charge < -0.3 is 58.4 Å². The largest absolute Gasteiger partial charge is 0.382 e. The van der Waals surface area contributed by atoms with E-state index in [1.165, 1.54) is 22.0 Å². The van der Waals surface area contributed by atoms with Gasteiger partial charge in [-0.2, -0.15) is 0 Å². The molecule has 73 heavy (non-hydrogen) atoms. The van der Waals surface area contributed by atoms with Crippen molar-refractivity contribution in [3.05, 3.63) is 34.7 Å². The quantitative estimate of drug-likeness (QED) is 0.0365. The predicted molar refractivity (Wildman–Crippen MR) is 277 cm³/mol. The Hall–Kier alpha value is -4.41. The number of unbranched alkanes of at least 4 members (excludes halogenated alkanes) is 2. The molecule has 2 aliphatic heterocycles. The Bertz CT molecular complexity index is 2450. The molecule has 0 aromatic carbocycles. The van der Waals surface area contributed by atoms with E-state index < -0.39 is 9.84 Å². The number of fused-ring (bicyclic) bond motifs is 3. The van der Waals surface area contributed by atoms with Gasteiger partial charge in [-0.1, -0.05) is 25.2 Å². The van der Waals surface area contributed by atoms with Crippen molar-refractivity contribution in [1.29, 1.82) is 0 Å². The lowest BCUT2D eigenvalue weighted by molar-refractivity contribution is -0.133. The number of hydrogen-bond donors (Lipinski definition) is 2. The third-order valence-corrected chi connectivity index (χ3v) is 14.6. The first-order chi connectivity index (χ1) is 35.6. The van der Waals surface area contributed by atoms with Crippen molar-refractivity contribution in [3.63, 3.8) is 0 Å². The van der Waals surface area contributed by atoms with Gasteiger partial charge in [0.15, 0.2) is 5.82 Å². The molecule has 2 aliphatic rings. The number of imidazole rings is 1. The fourth-order valence-electron chi connectivity index (χ4n) is 8.43. The van der Waals surface area contributed by atoms with Crippen LogP contribution >= 0.6 is 11.3 Å². The van der Waals surface area contributed by atoms with Crippen LogP contribution in [-0.4, -0.2) is 181 Å². The maximum absolute atomic E-state index is 13.1. The normalized spacial score (nSPS) is 14.8. The van der Waals surface area contributed by atoms with Crippen LogP contribution in [0.1, 0.15) is 93.3 Å². The van der Waals surface area contributed by atoms with Crippen molar-refractivity contribution in [2.24, 2.45) is 5.92 Å². The number of hydrogen-bond acceptors (Lipinski definition) is 18. The highest BCUT2D eigenvalue weighted by atomic mass is 32.2. The number of anilines is 1. The molecule has 0 saturated carbocycles. The average molecular weight is 1060 g/mol. The number of rotatable bonds is 34. The van der Waals surface area contributed by atoms with Crippen LogP contribution in [0.4, 0.5) is 5.82 Å². The van der Waals surface area contributed by atoms with E-state index in [-0.39, 0.29) is 17.0 Å². The Labute approximate surface area is 434 Å². The molecule has 20 nitrogen and oxygen atoms in total. The molecule has 0 spiro atoms. The number of ether oxygens (including phenoxy) is 8. The molecule has 0 bridgehead atoms. The van der Waals surface area contributed by atoms with Crippen LogP contribution in [0.3, 0.4) is 0 Å². The summed E-state index contributed by atoms with van der Waals surface area (Å²) in [4.78, 5) is 45.8. The van der Waals surface area contributed by atoms with E-state index >= 15 is 0 Å². The van der Waals surface area contributed by atoms with Crippen molar-refractivity contribution in [2.45, 2.75) is 95.2 Å². The number of aryl methyl sites for hydroxylation is 1. The minimum Gasteiger partial charge on any atom is -0.382 e. The molecule has 3 N–H and O–H groups in total. The van der Waals surface area contributed by atoms with Crippen molar-refractivity contribution >= 4 is 60.1 Å². The number of likely N-dealkylation sites (tertiary alicyclic amines) is 1. The summed E-state index contributed by atoms with van der Waals surface area (Å²) < 4.78 is 71.1. The number of carbonyl (C=O) groups is 2. The molecule has 4 aromatic rings. The Morgan fingerprint density at radius 1 is 0.808 bits per heavy atom. The molecular formula is C51H76N8O12S2. The third kappa shape index (κ3) is 20.0. The number of nitrogens with one attached hydrogen (secondary N) is 1. The fourth-order valence-corrected chi connectivity index (χ4v) is 10.2. The minimum atomic E-state index is -3.45. The molecule has 6 heterocycles. The van der Waals surface area contributed by atoms with Gasteiger partial charge in [0.1, 0.15) is 11.3 Å². The maximum atomic E-state index is 13.1. The number of nitrogen functional groups attached to an aromatic ring is 1. The maximum Gasteiger partial charge on any atom is 0.246 e. The molecule has 404 valence electrons. The van der Waals surface area contributed by atoms with Crippen LogP contribution in [0.5, 0.6) is 0 Å². The molecule has 2 amide bonds. The molecule has 2 saturated heterocycles. The molecule has 0 unspecified atom stereocenters. The van der Waals surface area contributed by atoms with E-state index in [0.717, 1.165) is 106 Å². The highest BCUT2D eigenvalue weighted by Gasteiger charge is 2.28. The van der Waals surface area contributed by atoms with E-state index in [1.807, 2.05) is 16.2 Å². The molecule has 6 rings (SSSR count). The summed E-state index contributed by atoms with van der Waals surface area (Å²) in [6, 6.07) is 2.22. The number of aromatic nitrogens is 5. The zero-order chi connectivity index (χ0) is 51.5. The van der Waals surface area contributed by atoms with Crippen LogP contribution in [0, 0.1) is 17.8 Å². The third-order valence-electron chi connectivity index (χ3n) is 12.4. The number of carbonyl (C=O) groups excluding carboxylic acids is 2. The summed E-state index contributed by atoms with van der Waals surface area (Å²) >= 11 is 1.83. The summed E-state index contributed by atoms with van der Waals surface area (Å²) in [6.45, 7) is 12.7. The second kappa shape index (κ2) is 32.1. The van der Waals surface area contributed by atoms with E-state index in [4.69, 9.17) is 53.6 Å². The smallest absolute Gasteiger partial charge is 0.246 e. The first-order valence-corrected chi connectivity index (χ1v) is 28.6. The van der Waals surface area contributed by atoms with E-state index in [9.17, 15) is 18.0 Å². The Morgan fingerprint density at radius 2 is 1.40 bits per heavy atom. The van der Waals surface area contributed by atoms with Gasteiger partial charge >= 0.3 is 0 Å². The van der Waals surface area contributed by atoms with Gasteiger partial charge in [0, 0.05) is 82.2 Å². The monoisotopic (exact) mass is 1060 g/mol. The highest BCUT2D eigenvalue weighted by Crippen LogP contribution is 2.41. The number of sulfone groups is 1. The number of amides is 2. The van der Waals surface area contributed by atoms with Crippen molar-refractivity contribution in [1.82, 2.24) is 34.7 Å². The molecule has 0 atom stereocenters. The van der Waals surface area contributed by atoms with Crippen molar-refractivity contribution in [3.8, 4) is 11.8 Å². The van der Waals surface area contributed by atoms with Gasteiger partial charge in [0.25, 0.3) is 0 Å². The highest BCUT2D eigenvalue weighted by molar-refractivity contribution is 7.90. The van der Waals surface area contributed by atoms with Crippen molar-refractivity contribution in [2.75, 3.05) is 137 Å². The Balaban J connectivity index is 0.691. The number of piperidine rings is 1. The van der Waals surface area contributed by atoms with Gasteiger partial charge in [-0.05, 0) is 56.4 Å². The average Bonchev–Trinajstić information content (AvgIpc) is 3.98. The lowest BCUT2D eigenvalue weighted by Gasteiger charge is -2.31. The molecule has 2 fully saturated rings. The van der Waals surface area contributed by atoms with Crippen LogP contribution in [0.2, 0.25) is 0 Å². The SMILES string of the molecule is CCCCc1nc2c(N)nc3cc(C4CCN(C(=O)CCOCCOCCOCCOCCOCCOCCOCCNC(=O)CCCC#Cc5cnc(S(C)(=O)=O)nc5)CC4)sc3c2n1CC1CCOCC1. The lowest BCUT2D eigenvalue weighted by Crippen LogP contribution is -2.38. The predicted octanol–water partition coefficient (Wildman–Crippen LogP) is 4.74. The van der Waals surface area contributed by atoms with Crippen molar-refractivity contribution < 1.29 is 55.9 Å². The second-order valence-electron chi connectivity index (χ2n) is 18.1. The second-order valence-corrected chi connectivity index (χ2v) is 21.1. The summed E-state index contributed by atoms with van der Waals surface area (Å²) in [5, 5.41) is 2.57. The van der Waals surface area contributed by atoms with E-state index in [2.05, 4.69) is 44.7 Å². The van der Waals surface area contributed by atoms with Gasteiger partial charge in [-0.3, -0.25) is 9.59 Å². The fraction of sp³-hybridized carbons (Fsp3) is 0.686. The molecule has 0 radical (unpaired) electrons.